The summed E-state index contributed by atoms with van der Waals surface area (Å²) >= 11 is 0. The summed E-state index contributed by atoms with van der Waals surface area (Å²) in [5.41, 5.74) is 3.09. The SMILES string of the molecule is C=CCOC12Oc3ccc(OC(=O)NCCCCCCCCCCCC)cc3C3C(CCCCO)C(CCCCO)C=C(C(=NOCc4ccc([N+](=O)[O-])cc4)CC1N(C)C(=O)CCCCCCCCCCC)C32. The van der Waals surface area contributed by atoms with Crippen molar-refractivity contribution in [3.05, 3.63) is 88.0 Å². The molecular weight excluding hydrogens is 937 g/mol. The van der Waals surface area contributed by atoms with Crippen molar-refractivity contribution in [2.24, 2.45) is 22.9 Å². The number of oxime groups is 1. The van der Waals surface area contributed by atoms with Crippen molar-refractivity contribution >= 4 is 23.4 Å². The van der Waals surface area contributed by atoms with Crippen molar-refractivity contribution < 1.29 is 43.8 Å². The summed E-state index contributed by atoms with van der Waals surface area (Å²) in [6.45, 7) is 9.37. The van der Waals surface area contributed by atoms with E-state index in [9.17, 15) is 29.9 Å². The maximum absolute atomic E-state index is 14.6. The second-order valence-corrected chi connectivity index (χ2v) is 21.1. The molecule has 2 aromatic rings. The minimum atomic E-state index is -1.40. The minimum absolute atomic E-state index is 0.00669. The van der Waals surface area contributed by atoms with Crippen LogP contribution < -0.4 is 14.8 Å². The molecule has 6 atom stereocenters. The summed E-state index contributed by atoms with van der Waals surface area (Å²) in [7, 11) is 1.84. The third-order valence-corrected chi connectivity index (χ3v) is 15.6. The fraction of sp³-hybridized carbons (Fsp3) is 0.683. The molecule has 0 spiro atoms. The largest absolute Gasteiger partial charge is 0.459 e. The van der Waals surface area contributed by atoms with E-state index in [1.54, 1.807) is 29.2 Å². The van der Waals surface area contributed by atoms with E-state index in [1.807, 2.05) is 19.2 Å². The fourth-order valence-corrected chi connectivity index (χ4v) is 11.6. The zero-order valence-corrected chi connectivity index (χ0v) is 45.4. The Balaban J connectivity index is 1.50. The van der Waals surface area contributed by atoms with Gasteiger partial charge in [-0.1, -0.05) is 153 Å². The number of allylic oxidation sites excluding steroid dienone is 1. The van der Waals surface area contributed by atoms with Crippen LogP contribution in [0.2, 0.25) is 0 Å². The molecule has 0 bridgehead atoms. The monoisotopic (exact) mass is 1030 g/mol. The van der Waals surface area contributed by atoms with Gasteiger partial charge in [-0.25, -0.2) is 4.79 Å². The van der Waals surface area contributed by atoms with Crippen LogP contribution in [-0.4, -0.2) is 83.0 Å². The second-order valence-electron chi connectivity index (χ2n) is 21.1. The number of hydrogen-bond donors (Lipinski definition) is 3. The first-order valence-corrected chi connectivity index (χ1v) is 28.8. The molecule has 1 heterocycles. The number of hydrogen-bond acceptors (Lipinski definition) is 11. The predicted octanol–water partition coefficient (Wildman–Crippen LogP) is 13.8. The molecule has 5 rings (SSSR count). The lowest BCUT2D eigenvalue weighted by molar-refractivity contribution is -0.384. The molecule has 3 aliphatic rings. The number of amides is 2. The third kappa shape index (κ3) is 17.9. The van der Waals surface area contributed by atoms with Gasteiger partial charge in [0.25, 0.3) is 5.69 Å². The number of nitro benzene ring substituents is 1. The highest BCUT2D eigenvalue weighted by Gasteiger charge is 2.65. The number of fused-ring (bicyclic) bond motifs is 2. The summed E-state index contributed by atoms with van der Waals surface area (Å²) in [5.74, 6) is -1.27. The Morgan fingerprint density at radius 2 is 1.45 bits per heavy atom. The quantitative estimate of drug-likeness (QED) is 0.0253. The van der Waals surface area contributed by atoms with E-state index >= 15 is 0 Å². The van der Waals surface area contributed by atoms with Gasteiger partial charge >= 0.3 is 6.09 Å². The van der Waals surface area contributed by atoms with Gasteiger partial charge in [0.15, 0.2) is 0 Å². The lowest BCUT2D eigenvalue weighted by atomic mass is 9.55. The highest BCUT2D eigenvalue weighted by Crippen LogP contribution is 2.62. The van der Waals surface area contributed by atoms with Crippen molar-refractivity contribution in [1.82, 2.24) is 10.2 Å². The molecule has 2 aromatic carbocycles. The smallest absolute Gasteiger partial charge is 0.412 e. The van der Waals surface area contributed by atoms with Crippen LogP contribution in [0.3, 0.4) is 0 Å². The first kappa shape index (κ1) is 60.1. The van der Waals surface area contributed by atoms with Crippen LogP contribution in [-0.2, 0) is 21.0 Å². The second kappa shape index (κ2) is 33.3. The number of aliphatic hydroxyl groups excluding tert-OH is 2. The third-order valence-electron chi connectivity index (χ3n) is 15.6. The summed E-state index contributed by atoms with van der Waals surface area (Å²) < 4.78 is 20.4. The number of benzene rings is 2. The number of nitrogens with zero attached hydrogens (tertiary/aromatic N) is 3. The molecule has 0 saturated heterocycles. The number of unbranched alkanes of at least 4 members (excludes halogenated alkanes) is 19. The fourth-order valence-electron chi connectivity index (χ4n) is 11.6. The summed E-state index contributed by atoms with van der Waals surface area (Å²) in [6.07, 6.45) is 30.7. The summed E-state index contributed by atoms with van der Waals surface area (Å²) in [4.78, 5) is 46.9. The van der Waals surface area contributed by atoms with Crippen molar-refractivity contribution in [3.8, 4) is 11.5 Å². The predicted molar refractivity (Wildman–Crippen MR) is 293 cm³/mol. The van der Waals surface area contributed by atoms with E-state index < -0.39 is 28.8 Å². The maximum Gasteiger partial charge on any atom is 0.412 e. The lowest BCUT2D eigenvalue weighted by Crippen LogP contribution is -2.69. The van der Waals surface area contributed by atoms with Crippen LogP contribution in [0.25, 0.3) is 0 Å². The Labute approximate surface area is 443 Å². The van der Waals surface area contributed by atoms with E-state index in [0.717, 1.165) is 81.8 Å². The Morgan fingerprint density at radius 1 is 0.838 bits per heavy atom. The maximum atomic E-state index is 14.6. The normalized spacial score (nSPS) is 21.2. The molecule has 1 fully saturated rings. The van der Waals surface area contributed by atoms with Gasteiger partial charge in [0.05, 0.1) is 23.2 Å². The van der Waals surface area contributed by atoms with Gasteiger partial charge in [-0.2, -0.15) is 0 Å². The Morgan fingerprint density at radius 3 is 2.05 bits per heavy atom. The molecule has 1 saturated carbocycles. The van der Waals surface area contributed by atoms with Crippen LogP contribution in [0.4, 0.5) is 10.5 Å². The van der Waals surface area contributed by atoms with Gasteiger partial charge in [0, 0.05) is 63.3 Å². The van der Waals surface area contributed by atoms with E-state index in [4.69, 9.17) is 24.2 Å². The highest BCUT2D eigenvalue weighted by atomic mass is 16.7. The van der Waals surface area contributed by atoms with Crippen LogP contribution in [0, 0.1) is 27.9 Å². The zero-order valence-electron chi connectivity index (χ0n) is 45.4. The first-order valence-electron chi connectivity index (χ1n) is 28.8. The van der Waals surface area contributed by atoms with Crippen molar-refractivity contribution in [1.29, 1.82) is 0 Å². The van der Waals surface area contributed by atoms with Gasteiger partial charge in [-0.3, -0.25) is 14.9 Å². The Hall–Kier alpha value is -4.79. The zero-order chi connectivity index (χ0) is 53.0. The molecule has 2 aliphatic carbocycles. The Kier molecular flexibility index (Phi) is 27.0. The lowest BCUT2D eigenvalue weighted by Gasteiger charge is -2.59. The molecule has 6 unspecified atom stereocenters. The number of rotatable bonds is 38. The van der Waals surface area contributed by atoms with Crippen molar-refractivity contribution in [3.63, 3.8) is 0 Å². The molecule has 1 aliphatic heterocycles. The number of ether oxygens (including phenoxy) is 3. The van der Waals surface area contributed by atoms with Crippen LogP contribution >= 0.6 is 0 Å². The Bertz CT molecular complexity index is 2060. The van der Waals surface area contributed by atoms with E-state index in [2.05, 4.69) is 31.8 Å². The van der Waals surface area contributed by atoms with Gasteiger partial charge in [0.2, 0.25) is 11.7 Å². The topological polar surface area (TPSA) is 182 Å². The highest BCUT2D eigenvalue weighted by molar-refractivity contribution is 6.03. The van der Waals surface area contributed by atoms with Crippen LogP contribution in [0.5, 0.6) is 11.5 Å². The first-order chi connectivity index (χ1) is 36.1. The molecule has 0 aromatic heterocycles. The number of non-ortho nitro benzene ring substituents is 1. The van der Waals surface area contributed by atoms with Crippen LogP contribution in [0.15, 0.2) is 71.9 Å². The van der Waals surface area contributed by atoms with Gasteiger partial charge in [-0.05, 0) is 91.8 Å². The number of nitrogens with one attached hydrogen (secondary N) is 1. The molecule has 0 radical (unpaired) electrons. The van der Waals surface area contributed by atoms with E-state index in [1.165, 1.54) is 89.2 Å². The van der Waals surface area contributed by atoms with Crippen LogP contribution in [0.1, 0.15) is 204 Å². The molecular formula is C60H92N4O10. The number of carbonyl (C=O) groups is 2. The number of nitro groups is 1. The summed E-state index contributed by atoms with van der Waals surface area (Å²) in [5, 5.41) is 39.3. The minimum Gasteiger partial charge on any atom is -0.459 e. The number of carbonyl (C=O) groups excluding carboxylic acids is 2. The molecule has 412 valence electrons. The molecule has 3 N–H and O–H groups in total. The van der Waals surface area contributed by atoms with Crippen molar-refractivity contribution in [2.45, 2.75) is 212 Å². The number of likely N-dealkylation sites (N-methyl/N-ethyl adjacent to an activating group) is 1. The van der Waals surface area contributed by atoms with E-state index in [0.29, 0.717) is 48.6 Å². The average Bonchev–Trinajstić information content (AvgIpc) is 3.41. The number of aliphatic hydroxyl groups is 2. The molecule has 14 nitrogen and oxygen atoms in total. The average molecular weight is 1030 g/mol. The summed E-state index contributed by atoms with van der Waals surface area (Å²) in [6, 6.07) is 11.1. The van der Waals surface area contributed by atoms with Gasteiger partial charge in [0.1, 0.15) is 24.1 Å². The molecule has 14 heteroatoms. The molecule has 74 heavy (non-hydrogen) atoms. The van der Waals surface area contributed by atoms with Gasteiger partial charge in [-0.15, -0.1) is 6.58 Å². The van der Waals surface area contributed by atoms with Gasteiger partial charge < -0.3 is 39.5 Å². The van der Waals surface area contributed by atoms with Crippen molar-refractivity contribution in [2.75, 3.05) is 33.4 Å². The molecule has 2 amide bonds. The van der Waals surface area contributed by atoms with E-state index in [-0.39, 0.29) is 62.2 Å². The standard InChI is InChI=1S/C60H92N4O10/c1-5-8-10-12-14-16-18-20-22-26-38-61-59(68)73-49-36-37-54-52(43-49)57-50(30-25-28-40-66)47(29-24-27-39-65)42-51-53(62-72-45-46-32-34-48(35-33-46)64(69)70)44-55(60(74-54,58(51)57)71-41-7-3)63(4)56(67)31-23-21-19-17-15-13-11-9-6-2/h7,32-37,42-43,47,50,55,57-58,65-66H,3,5-6,8-31,38-41,44-45H2,1-2,4H3,(H,61,68).